The summed E-state index contributed by atoms with van der Waals surface area (Å²) in [5, 5.41) is 5.97. The molecule has 0 saturated carbocycles. The lowest BCUT2D eigenvalue weighted by atomic mass is 10.1. The topological polar surface area (TPSA) is 71.3 Å². The van der Waals surface area contributed by atoms with Crippen molar-refractivity contribution in [1.82, 2.24) is 5.32 Å². The number of hydrogen-bond acceptors (Lipinski definition) is 4. The van der Waals surface area contributed by atoms with E-state index in [1.807, 2.05) is 19.1 Å². The Kier molecular flexibility index (Phi) is 5.12. The fourth-order valence-corrected chi connectivity index (χ4v) is 2.14. The Morgan fingerprint density at radius 3 is 2.55 bits per heavy atom. The van der Waals surface area contributed by atoms with Gasteiger partial charge in [-0.15, -0.1) is 0 Å². The molecule has 1 aromatic heterocycles. The second-order valence-electron chi connectivity index (χ2n) is 5.25. The molecule has 0 aliphatic carbocycles. The number of carbonyl (C=O) groups is 2. The molecule has 0 bridgehead atoms. The first-order chi connectivity index (χ1) is 10.5. The fraction of sp³-hybridized carbons (Fsp3) is 0.294. The summed E-state index contributed by atoms with van der Waals surface area (Å²) in [6, 6.07) is 10.1. The molecule has 0 fully saturated rings. The van der Waals surface area contributed by atoms with E-state index in [9.17, 15) is 9.59 Å². The summed E-state index contributed by atoms with van der Waals surface area (Å²) < 4.78 is 5.30. The molecule has 2 N–H and O–H groups in total. The van der Waals surface area contributed by atoms with Crippen molar-refractivity contribution in [1.29, 1.82) is 0 Å². The van der Waals surface area contributed by atoms with Gasteiger partial charge in [0.15, 0.2) is 5.78 Å². The first kappa shape index (κ1) is 16.0. The maximum Gasteiger partial charge on any atom is 0.241 e. The number of carbonyl (C=O) groups excluding carboxylic acids is 2. The molecular weight excluding hydrogens is 280 g/mol. The van der Waals surface area contributed by atoms with Gasteiger partial charge in [0.1, 0.15) is 5.76 Å². The highest BCUT2D eigenvalue weighted by molar-refractivity contribution is 5.98. The minimum absolute atomic E-state index is 0.0336. The van der Waals surface area contributed by atoms with E-state index in [0.29, 0.717) is 11.3 Å². The van der Waals surface area contributed by atoms with Gasteiger partial charge in [-0.2, -0.15) is 0 Å². The normalized spacial score (nSPS) is 13.4. The van der Waals surface area contributed by atoms with Crippen LogP contribution in [0.2, 0.25) is 0 Å². The quantitative estimate of drug-likeness (QED) is 0.804. The zero-order valence-corrected chi connectivity index (χ0v) is 12.9. The Morgan fingerprint density at radius 2 is 1.91 bits per heavy atom. The Hall–Kier alpha value is -2.40. The first-order valence-electron chi connectivity index (χ1n) is 7.18. The van der Waals surface area contributed by atoms with E-state index in [4.69, 9.17) is 4.42 Å². The Bertz CT molecular complexity index is 650. The van der Waals surface area contributed by atoms with Crippen molar-refractivity contribution in [3.8, 4) is 0 Å². The van der Waals surface area contributed by atoms with Crippen LogP contribution in [0.15, 0.2) is 47.1 Å². The molecule has 0 spiro atoms. The summed E-state index contributed by atoms with van der Waals surface area (Å²) in [4.78, 5) is 23.6. The van der Waals surface area contributed by atoms with E-state index < -0.39 is 6.04 Å². The monoisotopic (exact) mass is 300 g/mol. The lowest BCUT2D eigenvalue weighted by Crippen LogP contribution is -2.39. The zero-order chi connectivity index (χ0) is 16.1. The van der Waals surface area contributed by atoms with Crippen LogP contribution in [-0.4, -0.2) is 17.7 Å². The van der Waals surface area contributed by atoms with E-state index in [-0.39, 0.29) is 17.7 Å². The molecule has 0 unspecified atom stereocenters. The second kappa shape index (κ2) is 7.04. The van der Waals surface area contributed by atoms with Gasteiger partial charge in [-0.05, 0) is 45.0 Å². The van der Waals surface area contributed by atoms with Gasteiger partial charge in [-0.25, -0.2) is 0 Å². The number of hydrogen-bond donors (Lipinski definition) is 2. The molecule has 0 aliphatic rings. The molecule has 0 radical (unpaired) electrons. The lowest BCUT2D eigenvalue weighted by Gasteiger charge is -2.18. The molecule has 5 nitrogen and oxygen atoms in total. The van der Waals surface area contributed by atoms with Gasteiger partial charge in [-0.3, -0.25) is 14.9 Å². The first-order valence-corrected chi connectivity index (χ1v) is 7.18. The van der Waals surface area contributed by atoms with Gasteiger partial charge in [0.2, 0.25) is 5.91 Å². The van der Waals surface area contributed by atoms with Crippen molar-refractivity contribution < 1.29 is 14.0 Å². The van der Waals surface area contributed by atoms with Crippen LogP contribution in [0, 0.1) is 0 Å². The molecule has 1 aromatic carbocycles. The van der Waals surface area contributed by atoms with Crippen LogP contribution in [0.25, 0.3) is 0 Å². The smallest absolute Gasteiger partial charge is 0.241 e. The molecule has 5 heteroatoms. The number of ketones is 1. The summed E-state index contributed by atoms with van der Waals surface area (Å²) in [6.45, 7) is 5.21. The van der Waals surface area contributed by atoms with Crippen LogP contribution in [0.5, 0.6) is 0 Å². The average Bonchev–Trinajstić information content (AvgIpc) is 3.01. The van der Waals surface area contributed by atoms with Gasteiger partial charge in [0.25, 0.3) is 0 Å². The van der Waals surface area contributed by atoms with Gasteiger partial charge in [0, 0.05) is 11.3 Å². The Morgan fingerprint density at radius 1 is 1.14 bits per heavy atom. The number of rotatable bonds is 6. The molecule has 1 heterocycles. The maximum atomic E-state index is 12.2. The summed E-state index contributed by atoms with van der Waals surface area (Å²) in [5.74, 6) is 0.575. The van der Waals surface area contributed by atoms with E-state index >= 15 is 0 Å². The Balaban J connectivity index is 1.96. The predicted molar refractivity (Wildman–Crippen MR) is 84.8 cm³/mol. The second-order valence-corrected chi connectivity index (χ2v) is 5.25. The van der Waals surface area contributed by atoms with Crippen molar-refractivity contribution in [3.05, 3.63) is 54.0 Å². The maximum absolute atomic E-state index is 12.2. The SMILES string of the molecule is CC(=O)c1cccc(NC(=O)[C@H](C)N[C@@H](C)c2ccco2)c1. The molecule has 0 aliphatic heterocycles. The molecule has 2 rings (SSSR count). The van der Waals surface area contributed by atoms with Crippen LogP contribution < -0.4 is 10.6 Å². The molecule has 1 amide bonds. The highest BCUT2D eigenvalue weighted by Crippen LogP contribution is 2.14. The zero-order valence-electron chi connectivity index (χ0n) is 12.9. The molecule has 0 saturated heterocycles. The Labute approximate surface area is 129 Å². The summed E-state index contributed by atoms with van der Waals surface area (Å²) in [5.41, 5.74) is 1.18. The van der Waals surface area contributed by atoms with Crippen LogP contribution in [0.4, 0.5) is 5.69 Å². The summed E-state index contributed by atoms with van der Waals surface area (Å²) in [6.07, 6.45) is 1.60. The van der Waals surface area contributed by atoms with Crippen LogP contribution in [-0.2, 0) is 4.79 Å². The average molecular weight is 300 g/mol. The number of anilines is 1. The number of nitrogens with one attached hydrogen (secondary N) is 2. The largest absolute Gasteiger partial charge is 0.468 e. The molecule has 116 valence electrons. The van der Waals surface area contributed by atoms with Gasteiger partial charge >= 0.3 is 0 Å². The standard InChI is InChI=1S/C17H20N2O3/c1-11(16-8-5-9-22-16)18-12(2)17(21)19-15-7-4-6-14(10-15)13(3)20/h4-12,18H,1-3H3,(H,19,21)/t11-,12-/m0/s1. The van der Waals surface area contributed by atoms with Crippen LogP contribution in [0.3, 0.4) is 0 Å². The number of furan rings is 1. The third-order valence-corrected chi connectivity index (χ3v) is 3.40. The molecule has 22 heavy (non-hydrogen) atoms. The van der Waals surface area contributed by atoms with Crippen molar-refractivity contribution >= 4 is 17.4 Å². The molecule has 2 atom stereocenters. The van der Waals surface area contributed by atoms with E-state index in [0.717, 1.165) is 5.76 Å². The minimum atomic E-state index is -0.402. The van der Waals surface area contributed by atoms with E-state index in [1.165, 1.54) is 6.92 Å². The summed E-state index contributed by atoms with van der Waals surface area (Å²) >= 11 is 0. The van der Waals surface area contributed by atoms with Gasteiger partial charge < -0.3 is 9.73 Å². The van der Waals surface area contributed by atoms with E-state index in [2.05, 4.69) is 10.6 Å². The highest BCUT2D eigenvalue weighted by Gasteiger charge is 2.17. The number of amides is 1. The molecule has 2 aromatic rings. The van der Waals surface area contributed by atoms with Crippen molar-refractivity contribution in [2.75, 3.05) is 5.32 Å². The minimum Gasteiger partial charge on any atom is -0.468 e. The van der Waals surface area contributed by atoms with Crippen molar-refractivity contribution in [2.24, 2.45) is 0 Å². The third-order valence-electron chi connectivity index (χ3n) is 3.40. The summed E-state index contributed by atoms with van der Waals surface area (Å²) in [7, 11) is 0. The highest BCUT2D eigenvalue weighted by atomic mass is 16.3. The molecular formula is C17H20N2O3. The van der Waals surface area contributed by atoms with Crippen molar-refractivity contribution in [3.63, 3.8) is 0 Å². The fourth-order valence-electron chi connectivity index (χ4n) is 2.14. The number of Topliss-reactive ketones (excluding diaryl/α,β-unsaturated/α-hetero) is 1. The van der Waals surface area contributed by atoms with Crippen LogP contribution in [0.1, 0.15) is 42.9 Å². The van der Waals surface area contributed by atoms with Crippen LogP contribution >= 0.6 is 0 Å². The third kappa shape index (κ3) is 4.05. The van der Waals surface area contributed by atoms with E-state index in [1.54, 1.807) is 37.5 Å². The van der Waals surface area contributed by atoms with Gasteiger partial charge in [0.05, 0.1) is 18.3 Å². The van der Waals surface area contributed by atoms with Crippen molar-refractivity contribution in [2.45, 2.75) is 32.9 Å². The van der Waals surface area contributed by atoms with Gasteiger partial charge in [-0.1, -0.05) is 12.1 Å². The predicted octanol–water partition coefficient (Wildman–Crippen LogP) is 3.16. The lowest BCUT2D eigenvalue weighted by molar-refractivity contribution is -0.118. The number of benzene rings is 1.